The van der Waals surface area contributed by atoms with Crippen molar-refractivity contribution in [3.05, 3.63) is 29.8 Å². The van der Waals surface area contributed by atoms with Crippen LogP contribution in [-0.2, 0) is 0 Å². The lowest BCUT2D eigenvalue weighted by atomic mass is 9.99. The maximum absolute atomic E-state index is 12.2. The average Bonchev–Trinajstić information content (AvgIpc) is 2.78. The van der Waals surface area contributed by atoms with Gasteiger partial charge >= 0.3 is 0 Å². The molecule has 2 fully saturated rings. The van der Waals surface area contributed by atoms with E-state index in [1.165, 1.54) is 12.8 Å². The zero-order valence-electron chi connectivity index (χ0n) is 11.5. The van der Waals surface area contributed by atoms with Crippen LogP contribution in [0.4, 0.5) is 8.78 Å². The van der Waals surface area contributed by atoms with Crippen LogP contribution in [0.25, 0.3) is 0 Å². The van der Waals surface area contributed by atoms with Crippen LogP contribution in [0, 0.1) is 0 Å². The van der Waals surface area contributed by atoms with E-state index in [0.717, 1.165) is 12.8 Å². The molecule has 1 aromatic carbocycles. The molecule has 2 aliphatic heterocycles. The molecule has 6 heteroatoms. The SMILES string of the molecule is O=C(NC1CC2CCC(C1)N2)c1ccc(SC(F)F)cc1. The van der Waals surface area contributed by atoms with Crippen LogP contribution >= 0.6 is 11.8 Å². The van der Waals surface area contributed by atoms with Gasteiger partial charge in [0, 0.05) is 28.6 Å². The van der Waals surface area contributed by atoms with Crippen molar-refractivity contribution in [1.82, 2.24) is 10.6 Å². The molecule has 0 aromatic heterocycles. The van der Waals surface area contributed by atoms with Crippen LogP contribution < -0.4 is 10.6 Å². The first-order valence-electron chi connectivity index (χ1n) is 7.22. The van der Waals surface area contributed by atoms with Crippen LogP contribution in [0.5, 0.6) is 0 Å². The highest BCUT2D eigenvalue weighted by Gasteiger charge is 2.34. The summed E-state index contributed by atoms with van der Waals surface area (Å²) in [5.41, 5.74) is 0.527. The zero-order chi connectivity index (χ0) is 14.8. The first-order valence-corrected chi connectivity index (χ1v) is 8.10. The van der Waals surface area contributed by atoms with E-state index in [1.807, 2.05) is 0 Å². The summed E-state index contributed by atoms with van der Waals surface area (Å²) >= 11 is 0.490. The molecule has 21 heavy (non-hydrogen) atoms. The van der Waals surface area contributed by atoms with E-state index in [0.29, 0.717) is 34.3 Å². The summed E-state index contributed by atoms with van der Waals surface area (Å²) in [4.78, 5) is 12.7. The molecule has 1 amide bonds. The van der Waals surface area contributed by atoms with Gasteiger partial charge in [-0.25, -0.2) is 0 Å². The molecule has 2 atom stereocenters. The van der Waals surface area contributed by atoms with Gasteiger partial charge < -0.3 is 10.6 Å². The number of nitrogens with one attached hydrogen (secondary N) is 2. The van der Waals surface area contributed by atoms with E-state index in [4.69, 9.17) is 0 Å². The molecular weight excluding hydrogens is 294 g/mol. The Labute approximate surface area is 126 Å². The highest BCUT2D eigenvalue weighted by molar-refractivity contribution is 7.99. The van der Waals surface area contributed by atoms with Crippen LogP contribution in [0.2, 0.25) is 0 Å². The number of piperidine rings is 1. The van der Waals surface area contributed by atoms with Crippen molar-refractivity contribution in [2.24, 2.45) is 0 Å². The van der Waals surface area contributed by atoms with Gasteiger partial charge in [0.2, 0.25) is 0 Å². The standard InChI is InChI=1S/C15H18F2N2OS/c16-15(17)21-13-5-1-9(2-6-13)14(20)19-12-7-10-3-4-11(8-12)18-10/h1-2,5-6,10-12,15,18H,3-4,7-8H2,(H,19,20). The highest BCUT2D eigenvalue weighted by atomic mass is 32.2. The lowest BCUT2D eigenvalue weighted by molar-refractivity contribution is 0.0924. The largest absolute Gasteiger partial charge is 0.349 e. The lowest BCUT2D eigenvalue weighted by Crippen LogP contribution is -2.48. The fraction of sp³-hybridized carbons (Fsp3) is 0.533. The third-order valence-corrected chi connectivity index (χ3v) is 4.87. The predicted molar refractivity (Wildman–Crippen MR) is 78.7 cm³/mol. The van der Waals surface area contributed by atoms with Gasteiger partial charge in [-0.15, -0.1) is 0 Å². The van der Waals surface area contributed by atoms with E-state index in [1.54, 1.807) is 24.3 Å². The summed E-state index contributed by atoms with van der Waals surface area (Å²) in [7, 11) is 0. The normalized spacial score (nSPS) is 27.9. The lowest BCUT2D eigenvalue weighted by Gasteiger charge is -2.29. The van der Waals surface area contributed by atoms with Gasteiger partial charge in [-0.1, -0.05) is 11.8 Å². The summed E-state index contributed by atoms with van der Waals surface area (Å²) in [5.74, 6) is -2.55. The van der Waals surface area contributed by atoms with Gasteiger partial charge in [0.25, 0.3) is 11.7 Å². The van der Waals surface area contributed by atoms with Crippen molar-refractivity contribution >= 4 is 17.7 Å². The topological polar surface area (TPSA) is 41.1 Å². The molecule has 3 rings (SSSR count). The minimum atomic E-state index is -2.44. The van der Waals surface area contributed by atoms with Crippen molar-refractivity contribution in [1.29, 1.82) is 0 Å². The van der Waals surface area contributed by atoms with Crippen LogP contribution in [0.1, 0.15) is 36.0 Å². The van der Waals surface area contributed by atoms with Gasteiger partial charge in [-0.3, -0.25) is 4.79 Å². The quantitative estimate of drug-likeness (QED) is 0.840. The minimum Gasteiger partial charge on any atom is -0.349 e. The predicted octanol–water partition coefficient (Wildman–Crippen LogP) is 3.01. The van der Waals surface area contributed by atoms with Gasteiger partial charge in [0.05, 0.1) is 0 Å². The number of fused-ring (bicyclic) bond motifs is 2. The molecule has 2 bridgehead atoms. The van der Waals surface area contributed by atoms with Crippen molar-refractivity contribution < 1.29 is 13.6 Å². The summed E-state index contributed by atoms with van der Waals surface area (Å²) in [6.45, 7) is 0. The number of hydrogen-bond donors (Lipinski definition) is 2. The number of halogens is 2. The Morgan fingerprint density at radius 2 is 1.81 bits per heavy atom. The molecule has 0 radical (unpaired) electrons. The summed E-state index contributed by atoms with van der Waals surface area (Å²) in [6.07, 6.45) is 4.33. The van der Waals surface area contributed by atoms with Crippen molar-refractivity contribution in [2.75, 3.05) is 0 Å². The van der Waals surface area contributed by atoms with Crippen molar-refractivity contribution in [2.45, 2.75) is 54.5 Å². The van der Waals surface area contributed by atoms with Gasteiger partial charge in [0.1, 0.15) is 0 Å². The maximum Gasteiger partial charge on any atom is 0.288 e. The fourth-order valence-corrected chi connectivity index (χ4v) is 3.73. The first kappa shape index (κ1) is 14.8. The number of carbonyl (C=O) groups is 1. The molecule has 1 aromatic rings. The van der Waals surface area contributed by atoms with Crippen LogP contribution in [-0.4, -0.2) is 29.8 Å². The monoisotopic (exact) mass is 312 g/mol. The molecule has 2 saturated heterocycles. The summed E-state index contributed by atoms with van der Waals surface area (Å²) < 4.78 is 24.5. The molecule has 3 nitrogen and oxygen atoms in total. The second-order valence-electron chi connectivity index (χ2n) is 5.68. The Balaban J connectivity index is 1.57. The van der Waals surface area contributed by atoms with E-state index >= 15 is 0 Å². The molecule has 2 unspecified atom stereocenters. The molecule has 2 N–H and O–H groups in total. The smallest absolute Gasteiger partial charge is 0.288 e. The zero-order valence-corrected chi connectivity index (χ0v) is 12.3. The first-order chi connectivity index (χ1) is 10.1. The number of amides is 1. The second kappa shape index (κ2) is 6.32. The van der Waals surface area contributed by atoms with Crippen molar-refractivity contribution in [3.8, 4) is 0 Å². The van der Waals surface area contributed by atoms with Crippen LogP contribution in [0.15, 0.2) is 29.2 Å². The van der Waals surface area contributed by atoms with Crippen molar-refractivity contribution in [3.63, 3.8) is 0 Å². The molecule has 2 heterocycles. The van der Waals surface area contributed by atoms with E-state index in [2.05, 4.69) is 10.6 Å². The highest BCUT2D eigenvalue weighted by Crippen LogP contribution is 2.27. The summed E-state index contributed by atoms with van der Waals surface area (Å²) in [5, 5.41) is 6.60. The third kappa shape index (κ3) is 3.74. The Bertz CT molecular complexity index is 497. The van der Waals surface area contributed by atoms with Gasteiger partial charge in [0.15, 0.2) is 0 Å². The van der Waals surface area contributed by atoms with E-state index in [-0.39, 0.29) is 11.9 Å². The number of thioether (sulfide) groups is 1. The number of carbonyl (C=O) groups excluding carboxylic acids is 1. The molecule has 2 aliphatic rings. The number of hydrogen-bond acceptors (Lipinski definition) is 3. The Kier molecular flexibility index (Phi) is 4.45. The Hall–Kier alpha value is -1.14. The van der Waals surface area contributed by atoms with E-state index in [9.17, 15) is 13.6 Å². The molecular formula is C15H18F2N2OS. The fourth-order valence-electron chi connectivity index (χ4n) is 3.23. The minimum absolute atomic E-state index is 0.116. The maximum atomic E-state index is 12.2. The molecule has 0 saturated carbocycles. The van der Waals surface area contributed by atoms with Crippen LogP contribution in [0.3, 0.4) is 0 Å². The molecule has 0 aliphatic carbocycles. The summed E-state index contributed by atoms with van der Waals surface area (Å²) in [6, 6.07) is 7.62. The number of rotatable bonds is 4. The van der Waals surface area contributed by atoms with E-state index < -0.39 is 5.76 Å². The number of benzene rings is 1. The third-order valence-electron chi connectivity index (χ3n) is 4.15. The van der Waals surface area contributed by atoms with Gasteiger partial charge in [-0.2, -0.15) is 8.78 Å². The second-order valence-corrected chi connectivity index (χ2v) is 6.75. The van der Waals surface area contributed by atoms with Gasteiger partial charge in [-0.05, 0) is 49.9 Å². The Morgan fingerprint density at radius 3 is 2.38 bits per heavy atom. The average molecular weight is 312 g/mol. The Morgan fingerprint density at radius 1 is 1.19 bits per heavy atom. The molecule has 114 valence electrons. The molecule has 0 spiro atoms. The number of alkyl halides is 2.